The van der Waals surface area contributed by atoms with Crippen molar-refractivity contribution in [3.8, 4) is 0 Å². The standard InChI is InChI=1S/C10H20N2O/c1-8(2)10(12-11)6-5-9-4-3-7-13-9/h9-10,12H,1,3-7,11H2,2H3. The SMILES string of the molecule is C=C(C)C(CCC1CCCO1)NN. The summed E-state index contributed by atoms with van der Waals surface area (Å²) in [6, 6.07) is 0.240. The van der Waals surface area contributed by atoms with Gasteiger partial charge in [0.15, 0.2) is 0 Å². The third-order valence-corrected chi connectivity index (χ3v) is 2.60. The topological polar surface area (TPSA) is 47.3 Å². The summed E-state index contributed by atoms with van der Waals surface area (Å²) in [6.45, 7) is 6.82. The van der Waals surface area contributed by atoms with Gasteiger partial charge in [-0.25, -0.2) is 0 Å². The fourth-order valence-corrected chi connectivity index (χ4v) is 1.70. The zero-order chi connectivity index (χ0) is 9.68. The fraction of sp³-hybridized carbons (Fsp3) is 0.800. The number of hydrogen-bond acceptors (Lipinski definition) is 3. The first kappa shape index (κ1) is 10.7. The second kappa shape index (κ2) is 5.37. The lowest BCUT2D eigenvalue weighted by Crippen LogP contribution is -2.36. The molecule has 0 aliphatic carbocycles. The van der Waals surface area contributed by atoms with Gasteiger partial charge < -0.3 is 4.74 Å². The number of hydrazine groups is 1. The molecule has 0 radical (unpaired) electrons. The molecule has 0 aromatic rings. The molecule has 1 fully saturated rings. The van der Waals surface area contributed by atoms with Gasteiger partial charge in [-0.15, -0.1) is 0 Å². The molecule has 0 aromatic carbocycles. The molecule has 1 heterocycles. The molecular weight excluding hydrogens is 164 g/mol. The van der Waals surface area contributed by atoms with Crippen molar-refractivity contribution < 1.29 is 4.74 Å². The summed E-state index contributed by atoms with van der Waals surface area (Å²) in [6.07, 6.45) is 4.97. The van der Waals surface area contributed by atoms with Gasteiger partial charge in [0.2, 0.25) is 0 Å². The zero-order valence-electron chi connectivity index (χ0n) is 8.38. The highest BCUT2D eigenvalue weighted by Crippen LogP contribution is 2.18. The summed E-state index contributed by atoms with van der Waals surface area (Å²) in [4.78, 5) is 0. The molecular formula is C10H20N2O. The average Bonchev–Trinajstić information content (AvgIpc) is 2.57. The van der Waals surface area contributed by atoms with Crippen molar-refractivity contribution in [3.63, 3.8) is 0 Å². The molecule has 0 aromatic heterocycles. The third kappa shape index (κ3) is 3.46. The molecule has 0 spiro atoms. The average molecular weight is 184 g/mol. The van der Waals surface area contributed by atoms with E-state index in [9.17, 15) is 0 Å². The van der Waals surface area contributed by atoms with E-state index in [1.165, 1.54) is 12.8 Å². The van der Waals surface area contributed by atoms with Crippen LogP contribution in [-0.4, -0.2) is 18.8 Å². The van der Waals surface area contributed by atoms with E-state index in [0.717, 1.165) is 25.0 Å². The summed E-state index contributed by atoms with van der Waals surface area (Å²) < 4.78 is 5.53. The van der Waals surface area contributed by atoms with Gasteiger partial charge in [-0.05, 0) is 32.6 Å². The quantitative estimate of drug-likeness (QED) is 0.385. The molecule has 3 heteroatoms. The summed E-state index contributed by atoms with van der Waals surface area (Å²) >= 11 is 0. The molecule has 0 amide bonds. The van der Waals surface area contributed by atoms with Crippen molar-refractivity contribution in [1.29, 1.82) is 0 Å². The fourth-order valence-electron chi connectivity index (χ4n) is 1.70. The van der Waals surface area contributed by atoms with E-state index in [0.29, 0.717) is 6.10 Å². The molecule has 2 unspecified atom stereocenters. The molecule has 1 rings (SSSR count). The van der Waals surface area contributed by atoms with E-state index < -0.39 is 0 Å². The molecule has 1 aliphatic rings. The van der Waals surface area contributed by atoms with Gasteiger partial charge in [0.25, 0.3) is 0 Å². The maximum atomic E-state index is 5.53. The Hall–Kier alpha value is -0.380. The maximum Gasteiger partial charge on any atom is 0.0576 e. The van der Waals surface area contributed by atoms with Gasteiger partial charge in [0, 0.05) is 12.6 Å². The Labute approximate surface area is 80.3 Å². The molecule has 1 saturated heterocycles. The smallest absolute Gasteiger partial charge is 0.0576 e. The first-order valence-corrected chi connectivity index (χ1v) is 4.97. The monoisotopic (exact) mass is 184 g/mol. The zero-order valence-corrected chi connectivity index (χ0v) is 8.38. The minimum atomic E-state index is 0.240. The van der Waals surface area contributed by atoms with E-state index in [1.807, 2.05) is 6.92 Å². The van der Waals surface area contributed by atoms with Crippen molar-refractivity contribution in [2.45, 2.75) is 44.8 Å². The van der Waals surface area contributed by atoms with Crippen LogP contribution in [0.1, 0.15) is 32.6 Å². The third-order valence-electron chi connectivity index (χ3n) is 2.60. The van der Waals surface area contributed by atoms with Gasteiger partial charge in [-0.3, -0.25) is 11.3 Å². The summed E-state index contributed by atoms with van der Waals surface area (Å²) in [5, 5.41) is 0. The highest BCUT2D eigenvalue weighted by molar-refractivity contribution is 5.00. The Balaban J connectivity index is 2.18. The van der Waals surface area contributed by atoms with E-state index in [4.69, 9.17) is 10.6 Å². The van der Waals surface area contributed by atoms with Gasteiger partial charge in [0.1, 0.15) is 0 Å². The van der Waals surface area contributed by atoms with Crippen LogP contribution in [0.15, 0.2) is 12.2 Å². The number of nitrogens with two attached hydrogens (primary N) is 1. The molecule has 0 bridgehead atoms. The number of rotatable bonds is 5. The van der Waals surface area contributed by atoms with Crippen LogP contribution in [0.2, 0.25) is 0 Å². The molecule has 3 nitrogen and oxygen atoms in total. The Bertz CT molecular complexity index is 164. The van der Waals surface area contributed by atoms with Crippen molar-refractivity contribution in [1.82, 2.24) is 5.43 Å². The van der Waals surface area contributed by atoms with E-state index in [-0.39, 0.29) is 6.04 Å². The van der Waals surface area contributed by atoms with Crippen LogP contribution in [0.25, 0.3) is 0 Å². The summed E-state index contributed by atoms with van der Waals surface area (Å²) in [5.74, 6) is 5.41. The maximum absolute atomic E-state index is 5.53. The number of nitrogens with one attached hydrogen (secondary N) is 1. The van der Waals surface area contributed by atoms with E-state index in [2.05, 4.69) is 12.0 Å². The lowest BCUT2D eigenvalue weighted by molar-refractivity contribution is 0.101. The number of ether oxygens (including phenoxy) is 1. The van der Waals surface area contributed by atoms with Crippen molar-refractivity contribution >= 4 is 0 Å². The van der Waals surface area contributed by atoms with Crippen molar-refractivity contribution in [2.75, 3.05) is 6.61 Å². The second-order valence-electron chi connectivity index (χ2n) is 3.78. The Morgan fingerprint density at radius 2 is 2.54 bits per heavy atom. The van der Waals surface area contributed by atoms with Crippen molar-refractivity contribution in [3.05, 3.63) is 12.2 Å². The van der Waals surface area contributed by atoms with Crippen LogP contribution in [0.4, 0.5) is 0 Å². The van der Waals surface area contributed by atoms with E-state index >= 15 is 0 Å². The van der Waals surface area contributed by atoms with Crippen LogP contribution in [0.5, 0.6) is 0 Å². The Morgan fingerprint density at radius 3 is 3.00 bits per heavy atom. The molecule has 13 heavy (non-hydrogen) atoms. The highest BCUT2D eigenvalue weighted by atomic mass is 16.5. The lowest BCUT2D eigenvalue weighted by Gasteiger charge is -2.17. The first-order valence-electron chi connectivity index (χ1n) is 4.97. The van der Waals surface area contributed by atoms with Gasteiger partial charge in [-0.1, -0.05) is 12.2 Å². The highest BCUT2D eigenvalue weighted by Gasteiger charge is 2.17. The van der Waals surface area contributed by atoms with Crippen LogP contribution in [-0.2, 0) is 4.74 Å². The van der Waals surface area contributed by atoms with Crippen LogP contribution in [0.3, 0.4) is 0 Å². The van der Waals surface area contributed by atoms with Crippen molar-refractivity contribution in [2.24, 2.45) is 5.84 Å². The summed E-state index contributed by atoms with van der Waals surface area (Å²) in [5.41, 5.74) is 3.87. The molecule has 1 aliphatic heterocycles. The second-order valence-corrected chi connectivity index (χ2v) is 3.78. The van der Waals surface area contributed by atoms with Gasteiger partial charge in [-0.2, -0.15) is 0 Å². The van der Waals surface area contributed by atoms with Crippen LogP contribution in [0, 0.1) is 0 Å². The Morgan fingerprint density at radius 1 is 1.77 bits per heavy atom. The van der Waals surface area contributed by atoms with Gasteiger partial charge in [0.05, 0.1) is 6.10 Å². The Kier molecular flexibility index (Phi) is 4.42. The molecule has 76 valence electrons. The lowest BCUT2D eigenvalue weighted by atomic mass is 10.0. The number of hydrogen-bond donors (Lipinski definition) is 2. The van der Waals surface area contributed by atoms with Gasteiger partial charge >= 0.3 is 0 Å². The van der Waals surface area contributed by atoms with E-state index in [1.54, 1.807) is 0 Å². The van der Waals surface area contributed by atoms with Crippen LogP contribution < -0.4 is 11.3 Å². The predicted molar refractivity (Wildman–Crippen MR) is 54.1 cm³/mol. The molecule has 0 saturated carbocycles. The predicted octanol–water partition coefficient (Wildman–Crippen LogP) is 1.35. The van der Waals surface area contributed by atoms with Crippen LogP contribution >= 0.6 is 0 Å². The summed E-state index contributed by atoms with van der Waals surface area (Å²) in [7, 11) is 0. The normalized spacial score (nSPS) is 24.6. The minimum Gasteiger partial charge on any atom is -0.378 e. The largest absolute Gasteiger partial charge is 0.378 e. The molecule has 2 atom stereocenters. The molecule has 3 N–H and O–H groups in total. The minimum absolute atomic E-state index is 0.240. The first-order chi connectivity index (χ1) is 6.24.